The van der Waals surface area contributed by atoms with Crippen LogP contribution in [0.2, 0.25) is 0 Å². The molecule has 0 radical (unpaired) electrons. The molecule has 0 aromatic heterocycles. The number of aliphatic hydroxyl groups is 2. The average molecular weight is 340 g/mol. The van der Waals surface area contributed by atoms with E-state index in [0.717, 1.165) is 5.56 Å². The zero-order chi connectivity index (χ0) is 17.1. The van der Waals surface area contributed by atoms with E-state index in [9.17, 15) is 4.79 Å². The van der Waals surface area contributed by atoms with Crippen molar-refractivity contribution in [2.45, 2.75) is 19.4 Å². The van der Waals surface area contributed by atoms with E-state index in [-0.39, 0.29) is 45.0 Å². The first-order valence-electron chi connectivity index (χ1n) is 7.51. The second-order valence-electron chi connectivity index (χ2n) is 5.07. The van der Waals surface area contributed by atoms with Gasteiger partial charge in [0.05, 0.1) is 19.3 Å². The van der Waals surface area contributed by atoms with Crippen LogP contribution in [0.1, 0.15) is 12.5 Å². The van der Waals surface area contributed by atoms with Gasteiger partial charge < -0.3 is 25.2 Å². The van der Waals surface area contributed by atoms with Gasteiger partial charge in [-0.1, -0.05) is 30.3 Å². The molecular formula is C16H24N2O4S. The van der Waals surface area contributed by atoms with Crippen molar-refractivity contribution in [3.63, 3.8) is 0 Å². The fourth-order valence-corrected chi connectivity index (χ4v) is 2.16. The number of thiocarbonyl (C=S) groups is 1. The van der Waals surface area contributed by atoms with Gasteiger partial charge in [0.15, 0.2) is 5.05 Å². The van der Waals surface area contributed by atoms with E-state index >= 15 is 0 Å². The number of carbonyl (C=O) groups excluding carboxylic acids is 1. The lowest BCUT2D eigenvalue weighted by Crippen LogP contribution is -2.49. The Bertz CT molecular complexity index is 478. The lowest BCUT2D eigenvalue weighted by Gasteiger charge is -2.25. The summed E-state index contributed by atoms with van der Waals surface area (Å²) in [5.74, 6) is 0. The predicted molar refractivity (Wildman–Crippen MR) is 92.4 cm³/mol. The summed E-state index contributed by atoms with van der Waals surface area (Å²) >= 11 is 4.92. The molecule has 128 valence electrons. The molecule has 1 atom stereocenters. The van der Waals surface area contributed by atoms with Crippen molar-refractivity contribution in [3.8, 4) is 0 Å². The first-order chi connectivity index (χ1) is 11.1. The van der Waals surface area contributed by atoms with E-state index in [1.54, 1.807) is 6.92 Å². The Morgan fingerprint density at radius 3 is 2.39 bits per heavy atom. The highest BCUT2D eigenvalue weighted by molar-refractivity contribution is 7.80. The molecule has 0 aliphatic carbocycles. The fourth-order valence-electron chi connectivity index (χ4n) is 2.09. The highest BCUT2D eigenvalue weighted by atomic mass is 32.1. The molecule has 0 spiro atoms. The molecule has 1 aromatic rings. The molecule has 2 amide bonds. The van der Waals surface area contributed by atoms with Crippen LogP contribution in [-0.4, -0.2) is 65.1 Å². The largest absolute Gasteiger partial charge is 0.485 e. The van der Waals surface area contributed by atoms with Gasteiger partial charge in [0.1, 0.15) is 6.61 Å². The van der Waals surface area contributed by atoms with Gasteiger partial charge in [-0.15, -0.1) is 0 Å². The second kappa shape index (κ2) is 10.9. The van der Waals surface area contributed by atoms with Gasteiger partial charge in [0, 0.05) is 20.0 Å². The number of hydrogen-bond acceptors (Lipinski definition) is 5. The zero-order valence-corrected chi connectivity index (χ0v) is 14.1. The van der Waals surface area contributed by atoms with Gasteiger partial charge in [-0.25, -0.2) is 4.79 Å². The van der Waals surface area contributed by atoms with Crippen LogP contribution in [0.25, 0.3) is 0 Å². The van der Waals surface area contributed by atoms with Gasteiger partial charge in [-0.3, -0.25) is 0 Å². The summed E-state index contributed by atoms with van der Waals surface area (Å²) in [5, 5.41) is 21.3. The average Bonchev–Trinajstić information content (AvgIpc) is 2.53. The Morgan fingerprint density at radius 2 is 1.87 bits per heavy atom. The van der Waals surface area contributed by atoms with Crippen molar-refractivity contribution in [3.05, 3.63) is 35.9 Å². The summed E-state index contributed by atoms with van der Waals surface area (Å²) < 4.78 is 5.38. The van der Waals surface area contributed by atoms with E-state index in [1.165, 1.54) is 4.90 Å². The molecule has 0 bridgehead atoms. The lowest BCUT2D eigenvalue weighted by atomic mass is 10.1. The van der Waals surface area contributed by atoms with E-state index in [2.05, 4.69) is 5.32 Å². The summed E-state index contributed by atoms with van der Waals surface area (Å²) in [6.45, 7) is 1.95. The van der Waals surface area contributed by atoms with Crippen LogP contribution in [-0.2, 0) is 11.2 Å². The first-order valence-corrected chi connectivity index (χ1v) is 7.92. The van der Waals surface area contributed by atoms with Crippen LogP contribution in [0, 0.1) is 0 Å². The van der Waals surface area contributed by atoms with Crippen LogP contribution in [0.4, 0.5) is 4.79 Å². The van der Waals surface area contributed by atoms with Gasteiger partial charge in [-0.05, 0) is 24.2 Å². The molecule has 0 saturated carbocycles. The third-order valence-corrected chi connectivity index (χ3v) is 3.29. The Kier molecular flexibility index (Phi) is 9.20. The fraction of sp³-hybridized carbons (Fsp3) is 0.500. The molecule has 0 heterocycles. The smallest absolute Gasteiger partial charge is 0.317 e. The Morgan fingerprint density at radius 1 is 1.26 bits per heavy atom. The van der Waals surface area contributed by atoms with E-state index in [1.807, 2.05) is 30.3 Å². The summed E-state index contributed by atoms with van der Waals surface area (Å²) in [7, 11) is 0. The van der Waals surface area contributed by atoms with Crippen molar-refractivity contribution in [2.24, 2.45) is 0 Å². The van der Waals surface area contributed by atoms with E-state index in [0.29, 0.717) is 11.5 Å². The molecule has 1 unspecified atom stereocenters. The lowest BCUT2D eigenvalue weighted by molar-refractivity contribution is 0.151. The van der Waals surface area contributed by atoms with E-state index < -0.39 is 0 Å². The third-order valence-electron chi connectivity index (χ3n) is 3.17. The normalized spacial score (nSPS) is 11.6. The van der Waals surface area contributed by atoms with Crippen molar-refractivity contribution in [1.29, 1.82) is 0 Å². The number of nitrogens with one attached hydrogen (secondary N) is 1. The molecule has 0 fully saturated rings. The van der Waals surface area contributed by atoms with Crippen molar-refractivity contribution in [2.75, 3.05) is 32.9 Å². The van der Waals surface area contributed by atoms with Crippen molar-refractivity contribution < 1.29 is 19.7 Å². The van der Waals surface area contributed by atoms with Crippen LogP contribution >= 0.6 is 12.2 Å². The molecule has 1 aromatic carbocycles. The number of hydrogen-bond donors (Lipinski definition) is 3. The zero-order valence-electron chi connectivity index (χ0n) is 13.3. The van der Waals surface area contributed by atoms with Crippen molar-refractivity contribution in [1.82, 2.24) is 10.2 Å². The number of aliphatic hydroxyl groups excluding tert-OH is 2. The number of rotatable bonds is 9. The van der Waals surface area contributed by atoms with Gasteiger partial charge in [-0.2, -0.15) is 0 Å². The van der Waals surface area contributed by atoms with Gasteiger partial charge in [0.2, 0.25) is 0 Å². The van der Waals surface area contributed by atoms with E-state index in [4.69, 9.17) is 27.2 Å². The maximum Gasteiger partial charge on any atom is 0.317 e. The molecule has 6 nitrogen and oxygen atoms in total. The second-order valence-corrected chi connectivity index (χ2v) is 5.65. The number of ether oxygens (including phenoxy) is 1. The molecule has 0 saturated heterocycles. The van der Waals surface area contributed by atoms with Crippen LogP contribution < -0.4 is 5.32 Å². The van der Waals surface area contributed by atoms with Crippen LogP contribution in [0.3, 0.4) is 0 Å². The maximum atomic E-state index is 12.3. The summed E-state index contributed by atoms with van der Waals surface area (Å²) in [5.41, 5.74) is 1.07. The number of nitrogens with zero attached hydrogens (tertiary/aromatic N) is 1. The summed E-state index contributed by atoms with van der Waals surface area (Å²) in [6.07, 6.45) is 0.598. The van der Waals surface area contributed by atoms with Gasteiger partial charge in [0.25, 0.3) is 0 Å². The van der Waals surface area contributed by atoms with Crippen LogP contribution in [0.15, 0.2) is 30.3 Å². The molecular weight excluding hydrogens is 316 g/mol. The van der Waals surface area contributed by atoms with Crippen molar-refractivity contribution >= 4 is 23.3 Å². The Balaban J connectivity index is 2.70. The molecule has 1 rings (SSSR count). The number of amides is 2. The third kappa shape index (κ3) is 7.92. The highest BCUT2D eigenvalue weighted by Crippen LogP contribution is 2.05. The monoisotopic (exact) mass is 340 g/mol. The Hall–Kier alpha value is -1.70. The minimum atomic E-state index is -0.348. The number of urea groups is 1. The van der Waals surface area contributed by atoms with Crippen LogP contribution in [0.5, 0.6) is 0 Å². The summed E-state index contributed by atoms with van der Waals surface area (Å²) in [6, 6.07) is 9.14. The standard InChI is InChI=1S/C16H24N2O4S/c1-13(23)22-12-15(11-14-5-3-2-4-6-14)17-16(21)18(7-9-19)8-10-20/h2-6,15,19-20H,7-12H2,1H3,(H,17,21). The quantitative estimate of drug-likeness (QED) is 0.583. The molecule has 3 N–H and O–H groups in total. The highest BCUT2D eigenvalue weighted by Gasteiger charge is 2.18. The molecule has 0 aliphatic rings. The van der Waals surface area contributed by atoms with Gasteiger partial charge >= 0.3 is 6.03 Å². The Labute approximate surface area is 142 Å². The first kappa shape index (κ1) is 19.3. The maximum absolute atomic E-state index is 12.3. The minimum Gasteiger partial charge on any atom is -0.485 e. The number of benzene rings is 1. The summed E-state index contributed by atoms with van der Waals surface area (Å²) in [4.78, 5) is 13.6. The minimum absolute atomic E-state index is 0.160. The molecule has 23 heavy (non-hydrogen) atoms. The predicted octanol–water partition coefficient (Wildman–Crippen LogP) is 0.958. The topological polar surface area (TPSA) is 82.0 Å². The molecule has 7 heteroatoms. The molecule has 0 aliphatic heterocycles. The SMILES string of the molecule is CC(=S)OCC(Cc1ccccc1)NC(=O)N(CCO)CCO. The number of carbonyl (C=O) groups is 1.